The summed E-state index contributed by atoms with van der Waals surface area (Å²) in [7, 11) is 0. The van der Waals surface area contributed by atoms with Gasteiger partial charge in [-0.15, -0.1) is 0 Å². The third kappa shape index (κ3) is 3.96. The smallest absolute Gasteiger partial charge is 0.0221 e. The molecule has 1 aliphatic heterocycles. The van der Waals surface area contributed by atoms with Crippen LogP contribution >= 0.6 is 0 Å². The average molecular weight is 252 g/mol. The molecular weight excluding hydrogens is 220 g/mol. The van der Waals surface area contributed by atoms with Gasteiger partial charge in [-0.3, -0.25) is 4.90 Å². The van der Waals surface area contributed by atoms with Crippen LogP contribution in [0, 0.1) is 17.8 Å². The van der Waals surface area contributed by atoms with E-state index < -0.39 is 0 Å². The minimum atomic E-state index is 0.651. The molecule has 0 amide bonds. The Labute approximate surface area is 113 Å². The summed E-state index contributed by atoms with van der Waals surface area (Å²) in [5, 5.41) is 0. The SMILES string of the molecule is CC1CC(C)CN(C(CN)CC2CCCCC2)C1. The maximum atomic E-state index is 6.07. The van der Waals surface area contributed by atoms with Crippen molar-refractivity contribution in [3.05, 3.63) is 0 Å². The predicted molar refractivity (Wildman–Crippen MR) is 78.6 cm³/mol. The molecule has 18 heavy (non-hydrogen) atoms. The summed E-state index contributed by atoms with van der Waals surface area (Å²) >= 11 is 0. The van der Waals surface area contributed by atoms with Gasteiger partial charge >= 0.3 is 0 Å². The van der Waals surface area contributed by atoms with Crippen LogP contribution in [0.1, 0.15) is 58.8 Å². The first-order valence-corrected chi connectivity index (χ1v) is 8.13. The highest BCUT2D eigenvalue weighted by atomic mass is 15.2. The zero-order valence-electron chi connectivity index (χ0n) is 12.4. The van der Waals surface area contributed by atoms with E-state index in [1.54, 1.807) is 0 Å². The van der Waals surface area contributed by atoms with Gasteiger partial charge < -0.3 is 5.73 Å². The largest absolute Gasteiger partial charge is 0.329 e. The third-order valence-corrected chi connectivity index (χ3v) is 5.02. The van der Waals surface area contributed by atoms with Crippen molar-refractivity contribution in [1.29, 1.82) is 0 Å². The van der Waals surface area contributed by atoms with E-state index in [4.69, 9.17) is 5.73 Å². The summed E-state index contributed by atoms with van der Waals surface area (Å²) in [5.74, 6) is 2.67. The number of hydrogen-bond donors (Lipinski definition) is 1. The Bertz CT molecular complexity index is 225. The van der Waals surface area contributed by atoms with Crippen molar-refractivity contribution in [2.24, 2.45) is 23.5 Å². The second-order valence-electron chi connectivity index (χ2n) is 7.03. The van der Waals surface area contributed by atoms with E-state index in [2.05, 4.69) is 18.7 Å². The topological polar surface area (TPSA) is 29.3 Å². The first-order valence-electron chi connectivity index (χ1n) is 8.13. The molecule has 2 heteroatoms. The fourth-order valence-electron chi connectivity index (χ4n) is 4.21. The number of likely N-dealkylation sites (tertiary alicyclic amines) is 1. The van der Waals surface area contributed by atoms with Crippen molar-refractivity contribution in [3.63, 3.8) is 0 Å². The molecule has 106 valence electrons. The molecule has 2 nitrogen and oxygen atoms in total. The molecule has 0 spiro atoms. The molecule has 1 saturated carbocycles. The molecule has 2 rings (SSSR count). The van der Waals surface area contributed by atoms with E-state index >= 15 is 0 Å². The Morgan fingerprint density at radius 1 is 1.06 bits per heavy atom. The first-order chi connectivity index (χ1) is 8.69. The number of hydrogen-bond acceptors (Lipinski definition) is 2. The quantitative estimate of drug-likeness (QED) is 0.832. The van der Waals surface area contributed by atoms with Gasteiger partial charge in [-0.2, -0.15) is 0 Å². The van der Waals surface area contributed by atoms with E-state index in [1.165, 1.54) is 58.0 Å². The highest BCUT2D eigenvalue weighted by Gasteiger charge is 2.28. The van der Waals surface area contributed by atoms with Crippen molar-refractivity contribution in [2.75, 3.05) is 19.6 Å². The normalized spacial score (nSPS) is 33.5. The standard InChI is InChI=1S/C16H32N2/c1-13-8-14(2)12-18(11-13)16(10-17)9-15-6-4-3-5-7-15/h13-16H,3-12,17H2,1-2H3. The first kappa shape index (κ1) is 14.3. The number of nitrogens with zero attached hydrogens (tertiary/aromatic N) is 1. The Morgan fingerprint density at radius 2 is 1.67 bits per heavy atom. The van der Waals surface area contributed by atoms with Crippen LogP contribution in [0.25, 0.3) is 0 Å². The molecule has 1 heterocycles. The van der Waals surface area contributed by atoms with Gasteiger partial charge in [-0.25, -0.2) is 0 Å². The zero-order valence-corrected chi connectivity index (χ0v) is 12.4. The van der Waals surface area contributed by atoms with Crippen LogP contribution in [-0.2, 0) is 0 Å². The van der Waals surface area contributed by atoms with Gasteiger partial charge in [0, 0.05) is 25.7 Å². The zero-order chi connectivity index (χ0) is 13.0. The van der Waals surface area contributed by atoms with E-state index in [0.717, 1.165) is 24.3 Å². The predicted octanol–water partition coefficient (Wildman–Crippen LogP) is 3.26. The summed E-state index contributed by atoms with van der Waals surface area (Å²) in [6.45, 7) is 8.21. The van der Waals surface area contributed by atoms with Crippen molar-refractivity contribution in [2.45, 2.75) is 64.8 Å². The molecule has 3 atom stereocenters. The maximum absolute atomic E-state index is 6.07. The van der Waals surface area contributed by atoms with Gasteiger partial charge in [0.05, 0.1) is 0 Å². The fraction of sp³-hybridized carbons (Fsp3) is 1.00. The van der Waals surface area contributed by atoms with Crippen LogP contribution in [0.2, 0.25) is 0 Å². The second kappa shape index (κ2) is 6.91. The molecule has 0 aromatic heterocycles. The Balaban J connectivity index is 1.86. The maximum Gasteiger partial charge on any atom is 0.0221 e. The van der Waals surface area contributed by atoms with Crippen molar-refractivity contribution in [3.8, 4) is 0 Å². The Kier molecular flexibility index (Phi) is 5.50. The van der Waals surface area contributed by atoms with Crippen LogP contribution in [0.15, 0.2) is 0 Å². The van der Waals surface area contributed by atoms with E-state index in [0.29, 0.717) is 6.04 Å². The van der Waals surface area contributed by atoms with Gasteiger partial charge in [-0.05, 0) is 30.6 Å². The van der Waals surface area contributed by atoms with Crippen LogP contribution in [0.5, 0.6) is 0 Å². The third-order valence-electron chi connectivity index (χ3n) is 5.02. The van der Waals surface area contributed by atoms with E-state index in [9.17, 15) is 0 Å². The molecule has 0 aromatic carbocycles. The summed E-state index contributed by atoms with van der Waals surface area (Å²) in [6, 6.07) is 0.651. The number of piperidine rings is 1. The Hall–Kier alpha value is -0.0800. The van der Waals surface area contributed by atoms with Gasteiger partial charge in [-0.1, -0.05) is 46.0 Å². The second-order valence-corrected chi connectivity index (χ2v) is 7.03. The summed E-state index contributed by atoms with van der Waals surface area (Å²) < 4.78 is 0. The highest BCUT2D eigenvalue weighted by molar-refractivity contribution is 4.83. The van der Waals surface area contributed by atoms with Gasteiger partial charge in [0.15, 0.2) is 0 Å². The summed E-state index contributed by atoms with van der Waals surface area (Å²) in [5.41, 5.74) is 6.07. The number of rotatable bonds is 4. The molecule has 0 bridgehead atoms. The lowest BCUT2D eigenvalue weighted by atomic mass is 9.83. The molecule has 0 radical (unpaired) electrons. The van der Waals surface area contributed by atoms with Crippen LogP contribution in [0.4, 0.5) is 0 Å². The van der Waals surface area contributed by atoms with Crippen molar-refractivity contribution < 1.29 is 0 Å². The van der Waals surface area contributed by atoms with Gasteiger partial charge in [0.2, 0.25) is 0 Å². The molecule has 2 fully saturated rings. The van der Waals surface area contributed by atoms with Gasteiger partial charge in [0.25, 0.3) is 0 Å². The molecule has 0 aromatic rings. The van der Waals surface area contributed by atoms with Gasteiger partial charge in [0.1, 0.15) is 0 Å². The van der Waals surface area contributed by atoms with E-state index in [1.807, 2.05) is 0 Å². The monoisotopic (exact) mass is 252 g/mol. The molecule has 1 aliphatic carbocycles. The van der Waals surface area contributed by atoms with E-state index in [-0.39, 0.29) is 0 Å². The molecule has 2 aliphatic rings. The van der Waals surface area contributed by atoms with Crippen molar-refractivity contribution in [1.82, 2.24) is 4.90 Å². The number of nitrogens with two attached hydrogens (primary N) is 1. The summed E-state index contributed by atoms with van der Waals surface area (Å²) in [4.78, 5) is 2.70. The van der Waals surface area contributed by atoms with Crippen molar-refractivity contribution >= 4 is 0 Å². The lowest BCUT2D eigenvalue weighted by molar-refractivity contribution is 0.0814. The molecule has 1 saturated heterocycles. The van der Waals surface area contributed by atoms with Crippen LogP contribution < -0.4 is 5.73 Å². The fourth-order valence-corrected chi connectivity index (χ4v) is 4.21. The van der Waals surface area contributed by atoms with Crippen LogP contribution in [0.3, 0.4) is 0 Å². The minimum absolute atomic E-state index is 0.651. The van der Waals surface area contributed by atoms with Crippen LogP contribution in [-0.4, -0.2) is 30.6 Å². The lowest BCUT2D eigenvalue weighted by Gasteiger charge is -2.41. The lowest BCUT2D eigenvalue weighted by Crippen LogP contribution is -2.48. The summed E-state index contributed by atoms with van der Waals surface area (Å²) in [6.07, 6.45) is 10.0. The molecular formula is C16H32N2. The average Bonchev–Trinajstić information content (AvgIpc) is 2.36. The molecule has 2 N–H and O–H groups in total. The minimum Gasteiger partial charge on any atom is -0.329 e. The Morgan fingerprint density at radius 3 is 2.22 bits per heavy atom. The highest BCUT2D eigenvalue weighted by Crippen LogP contribution is 2.30. The molecule has 3 unspecified atom stereocenters.